The topological polar surface area (TPSA) is 98.9 Å². The van der Waals surface area contributed by atoms with E-state index in [9.17, 15) is 17.6 Å². The molecule has 5 nitrogen and oxygen atoms in total. The zero-order chi connectivity index (χ0) is 22.6. The summed E-state index contributed by atoms with van der Waals surface area (Å²) in [5.41, 5.74) is 0.600. The van der Waals surface area contributed by atoms with Crippen molar-refractivity contribution in [2.75, 3.05) is 6.26 Å². The van der Waals surface area contributed by atoms with Crippen molar-refractivity contribution in [1.29, 1.82) is 10.8 Å². The lowest BCUT2D eigenvalue weighted by atomic mass is 9.85. The SMILES string of the molecule is CC[C@@H](CC(=N)[C@H](C)CC)C(=N)C(=O)c1ccc(-c2ccc(S(C)(=O)=O)s2)cc1F. The molecule has 1 heterocycles. The fraction of sp³-hybridized carbons (Fsp3) is 0.409. The van der Waals surface area contributed by atoms with E-state index < -0.39 is 27.4 Å². The summed E-state index contributed by atoms with van der Waals surface area (Å²) in [7, 11) is -3.34. The number of carbonyl (C=O) groups is 1. The van der Waals surface area contributed by atoms with E-state index in [1.54, 1.807) is 12.1 Å². The predicted octanol–water partition coefficient (Wildman–Crippen LogP) is 5.64. The lowest BCUT2D eigenvalue weighted by Gasteiger charge is -2.19. The van der Waals surface area contributed by atoms with Gasteiger partial charge in [-0.25, -0.2) is 12.8 Å². The summed E-state index contributed by atoms with van der Waals surface area (Å²) in [6, 6.07) is 7.17. The maximum Gasteiger partial charge on any atom is 0.209 e. The Morgan fingerprint density at radius 2 is 1.80 bits per heavy atom. The van der Waals surface area contributed by atoms with Crippen molar-refractivity contribution < 1.29 is 17.6 Å². The minimum atomic E-state index is -3.34. The molecule has 2 N–H and O–H groups in total. The molecule has 162 valence electrons. The number of halogens is 1. The number of hydrogen-bond donors (Lipinski definition) is 2. The molecule has 0 radical (unpaired) electrons. The van der Waals surface area contributed by atoms with Crippen LogP contribution in [0.4, 0.5) is 4.39 Å². The second kappa shape index (κ2) is 9.75. The number of carbonyl (C=O) groups excluding carboxylic acids is 1. The minimum Gasteiger partial charge on any atom is -0.309 e. The summed E-state index contributed by atoms with van der Waals surface area (Å²) < 4.78 is 38.2. The van der Waals surface area contributed by atoms with Gasteiger partial charge in [0.25, 0.3) is 0 Å². The number of nitrogens with one attached hydrogen (secondary N) is 2. The van der Waals surface area contributed by atoms with Gasteiger partial charge in [-0.1, -0.05) is 26.8 Å². The quantitative estimate of drug-likeness (QED) is 0.362. The van der Waals surface area contributed by atoms with Gasteiger partial charge in [0, 0.05) is 22.8 Å². The highest BCUT2D eigenvalue weighted by molar-refractivity contribution is 7.92. The highest BCUT2D eigenvalue weighted by Gasteiger charge is 2.25. The summed E-state index contributed by atoms with van der Waals surface area (Å²) in [6.45, 7) is 5.78. The summed E-state index contributed by atoms with van der Waals surface area (Å²) in [4.78, 5) is 13.3. The Hall–Kier alpha value is -2.19. The molecule has 0 aliphatic carbocycles. The molecule has 0 fully saturated rings. The van der Waals surface area contributed by atoms with Crippen LogP contribution < -0.4 is 0 Å². The zero-order valence-corrected chi connectivity index (χ0v) is 19.2. The fourth-order valence-corrected chi connectivity index (χ4v) is 4.94. The van der Waals surface area contributed by atoms with Crippen LogP contribution in [-0.2, 0) is 9.84 Å². The van der Waals surface area contributed by atoms with E-state index in [2.05, 4.69) is 0 Å². The molecule has 0 amide bonds. The van der Waals surface area contributed by atoms with Crippen LogP contribution in [0.3, 0.4) is 0 Å². The van der Waals surface area contributed by atoms with Gasteiger partial charge in [-0.05, 0) is 55.0 Å². The van der Waals surface area contributed by atoms with Crippen LogP contribution in [0.15, 0.2) is 34.5 Å². The van der Waals surface area contributed by atoms with Crippen molar-refractivity contribution in [2.24, 2.45) is 11.8 Å². The Labute approximate surface area is 181 Å². The smallest absolute Gasteiger partial charge is 0.209 e. The van der Waals surface area contributed by atoms with Gasteiger partial charge in [-0.15, -0.1) is 11.3 Å². The lowest BCUT2D eigenvalue weighted by molar-refractivity contribution is 0.105. The van der Waals surface area contributed by atoms with E-state index in [0.717, 1.165) is 24.0 Å². The Kier molecular flexibility index (Phi) is 7.82. The normalized spacial score (nSPS) is 13.6. The van der Waals surface area contributed by atoms with Crippen LogP contribution >= 0.6 is 11.3 Å². The molecule has 2 atom stereocenters. The molecular weight excluding hydrogens is 423 g/mol. The van der Waals surface area contributed by atoms with Gasteiger partial charge < -0.3 is 10.8 Å². The van der Waals surface area contributed by atoms with Crippen LogP contribution in [0.25, 0.3) is 10.4 Å². The van der Waals surface area contributed by atoms with Crippen molar-refractivity contribution in [3.05, 3.63) is 41.7 Å². The number of ketones is 1. The third-order valence-corrected chi connectivity index (χ3v) is 8.22. The van der Waals surface area contributed by atoms with Crippen molar-refractivity contribution in [3.63, 3.8) is 0 Å². The molecule has 1 aromatic heterocycles. The third kappa shape index (κ3) is 5.49. The molecule has 0 aliphatic rings. The molecule has 0 saturated carbocycles. The number of hydrogen-bond acceptors (Lipinski definition) is 6. The van der Waals surface area contributed by atoms with E-state index in [1.807, 2.05) is 20.8 Å². The van der Waals surface area contributed by atoms with E-state index in [0.29, 0.717) is 29.0 Å². The average Bonchev–Trinajstić information content (AvgIpc) is 3.20. The summed E-state index contributed by atoms with van der Waals surface area (Å²) in [5, 5.41) is 16.4. The van der Waals surface area contributed by atoms with Gasteiger partial charge in [-0.2, -0.15) is 0 Å². The van der Waals surface area contributed by atoms with Gasteiger partial charge in [0.2, 0.25) is 5.78 Å². The van der Waals surface area contributed by atoms with Crippen molar-refractivity contribution in [2.45, 2.75) is 44.2 Å². The maximum absolute atomic E-state index is 14.7. The van der Waals surface area contributed by atoms with Crippen molar-refractivity contribution >= 4 is 38.4 Å². The minimum absolute atomic E-state index is 0.0839. The van der Waals surface area contributed by atoms with Crippen molar-refractivity contribution in [3.8, 4) is 10.4 Å². The highest BCUT2D eigenvalue weighted by atomic mass is 32.2. The first-order valence-electron chi connectivity index (χ1n) is 9.79. The molecule has 0 spiro atoms. The van der Waals surface area contributed by atoms with E-state index >= 15 is 0 Å². The zero-order valence-electron chi connectivity index (χ0n) is 17.6. The number of thiophene rings is 1. The van der Waals surface area contributed by atoms with Crippen LogP contribution in [0.1, 0.15) is 50.4 Å². The largest absolute Gasteiger partial charge is 0.309 e. The van der Waals surface area contributed by atoms with E-state index in [1.165, 1.54) is 18.2 Å². The molecular formula is C22H27FN2O3S2. The van der Waals surface area contributed by atoms with Gasteiger partial charge in [0.1, 0.15) is 10.0 Å². The van der Waals surface area contributed by atoms with Crippen LogP contribution in [-0.4, -0.2) is 31.9 Å². The average molecular weight is 451 g/mol. The Balaban J connectivity index is 2.25. The summed E-state index contributed by atoms with van der Waals surface area (Å²) in [5.74, 6) is -1.76. The Morgan fingerprint density at radius 3 is 2.30 bits per heavy atom. The highest BCUT2D eigenvalue weighted by Crippen LogP contribution is 2.32. The first kappa shape index (κ1) is 24.1. The van der Waals surface area contributed by atoms with Crippen LogP contribution in [0.5, 0.6) is 0 Å². The molecule has 0 saturated heterocycles. The Bertz CT molecular complexity index is 1070. The van der Waals surface area contributed by atoms with Crippen LogP contribution in [0.2, 0.25) is 0 Å². The summed E-state index contributed by atoms with van der Waals surface area (Å²) >= 11 is 1.04. The fourth-order valence-electron chi connectivity index (χ4n) is 3.02. The first-order valence-corrected chi connectivity index (χ1v) is 12.5. The van der Waals surface area contributed by atoms with Crippen molar-refractivity contribution in [1.82, 2.24) is 0 Å². The second-order valence-electron chi connectivity index (χ2n) is 7.47. The molecule has 0 unspecified atom stereocenters. The molecule has 0 aliphatic heterocycles. The summed E-state index contributed by atoms with van der Waals surface area (Å²) in [6.07, 6.45) is 2.77. The molecule has 2 rings (SSSR count). The van der Waals surface area contributed by atoms with Gasteiger partial charge >= 0.3 is 0 Å². The number of sulfone groups is 1. The third-order valence-electron chi connectivity index (χ3n) is 5.26. The molecule has 0 bridgehead atoms. The monoisotopic (exact) mass is 450 g/mol. The van der Waals surface area contributed by atoms with Gasteiger partial charge in [-0.3, -0.25) is 4.79 Å². The molecule has 30 heavy (non-hydrogen) atoms. The van der Waals surface area contributed by atoms with Gasteiger partial charge in [0.15, 0.2) is 9.84 Å². The van der Waals surface area contributed by atoms with E-state index in [4.69, 9.17) is 10.8 Å². The predicted molar refractivity (Wildman–Crippen MR) is 120 cm³/mol. The van der Waals surface area contributed by atoms with E-state index in [-0.39, 0.29) is 21.4 Å². The maximum atomic E-state index is 14.7. The molecule has 1 aromatic carbocycles. The second-order valence-corrected chi connectivity index (χ2v) is 10.8. The standard InChI is InChI=1S/C22H27FN2O3S2/c1-5-13(3)18(24)12-14(6-2)21(25)22(26)16-8-7-15(11-17(16)23)19-9-10-20(29-19)30(4,27)28/h7-11,13-14,24-25H,5-6,12H2,1-4H3/t13-,14+/m1/s1. The molecule has 8 heteroatoms. The lowest BCUT2D eigenvalue weighted by Crippen LogP contribution is -2.27. The number of benzene rings is 1. The number of Topliss-reactive ketones (excluding diaryl/α,β-unsaturated/α-hetero) is 1. The van der Waals surface area contributed by atoms with Gasteiger partial charge in [0.05, 0.1) is 11.3 Å². The van der Waals surface area contributed by atoms with Crippen LogP contribution in [0, 0.1) is 28.5 Å². The Morgan fingerprint density at radius 1 is 1.13 bits per heavy atom. The number of rotatable bonds is 10. The molecule has 2 aromatic rings. The first-order chi connectivity index (χ1) is 14.0.